The van der Waals surface area contributed by atoms with Crippen molar-refractivity contribution in [2.75, 3.05) is 5.32 Å². The molecular formula is C15H20N4OS. The van der Waals surface area contributed by atoms with Crippen molar-refractivity contribution in [1.29, 1.82) is 0 Å². The minimum Gasteiger partial charge on any atom is -0.300 e. The zero-order chi connectivity index (χ0) is 14.7. The molecule has 1 aliphatic rings. The van der Waals surface area contributed by atoms with Gasteiger partial charge in [0.05, 0.1) is 11.9 Å². The first-order valence-corrected chi connectivity index (χ1v) is 8.30. The molecule has 0 aromatic carbocycles. The van der Waals surface area contributed by atoms with E-state index in [1.165, 1.54) is 36.3 Å². The molecule has 1 aliphatic carbocycles. The second-order valence-corrected chi connectivity index (χ2v) is 6.65. The Hall–Kier alpha value is -1.69. The van der Waals surface area contributed by atoms with Crippen molar-refractivity contribution in [1.82, 2.24) is 14.8 Å². The van der Waals surface area contributed by atoms with Crippen LogP contribution in [0.3, 0.4) is 0 Å². The zero-order valence-corrected chi connectivity index (χ0v) is 13.1. The minimum atomic E-state index is -0.0696. The Kier molecular flexibility index (Phi) is 4.34. The van der Waals surface area contributed by atoms with Gasteiger partial charge in [0, 0.05) is 11.1 Å². The number of thiazole rings is 1. The van der Waals surface area contributed by atoms with Crippen molar-refractivity contribution in [3.05, 3.63) is 28.5 Å². The molecule has 2 aromatic rings. The molecule has 0 saturated heterocycles. The molecule has 2 aromatic heterocycles. The molecule has 112 valence electrons. The van der Waals surface area contributed by atoms with Gasteiger partial charge in [0.25, 0.3) is 0 Å². The van der Waals surface area contributed by atoms with Gasteiger partial charge in [-0.2, -0.15) is 5.10 Å². The van der Waals surface area contributed by atoms with Gasteiger partial charge < -0.3 is 5.32 Å². The van der Waals surface area contributed by atoms with E-state index >= 15 is 0 Å². The molecule has 6 heteroatoms. The van der Waals surface area contributed by atoms with E-state index in [9.17, 15) is 4.79 Å². The summed E-state index contributed by atoms with van der Waals surface area (Å²) in [5.74, 6) is -0.0696. The Balaban J connectivity index is 1.64. The second kappa shape index (κ2) is 6.39. The lowest BCUT2D eigenvalue weighted by molar-refractivity contribution is -0.116. The minimum absolute atomic E-state index is 0.0696. The van der Waals surface area contributed by atoms with Gasteiger partial charge in [-0.05, 0) is 38.2 Å². The summed E-state index contributed by atoms with van der Waals surface area (Å²) in [5.41, 5.74) is 2.24. The molecule has 0 saturated carbocycles. The number of aromatic nitrogens is 3. The molecule has 0 fully saturated rings. The topological polar surface area (TPSA) is 59.8 Å². The number of hydrogen-bond donors (Lipinski definition) is 1. The van der Waals surface area contributed by atoms with E-state index in [0.29, 0.717) is 0 Å². The third-order valence-corrected chi connectivity index (χ3v) is 4.73. The number of rotatable bonds is 3. The van der Waals surface area contributed by atoms with Crippen molar-refractivity contribution in [3.8, 4) is 0 Å². The first-order valence-electron chi connectivity index (χ1n) is 7.48. The zero-order valence-electron chi connectivity index (χ0n) is 12.3. The maximum Gasteiger partial charge on any atom is 0.247 e. The highest BCUT2D eigenvalue weighted by Crippen LogP contribution is 2.28. The van der Waals surface area contributed by atoms with E-state index in [4.69, 9.17) is 0 Å². The van der Waals surface area contributed by atoms with Crippen molar-refractivity contribution in [2.45, 2.75) is 52.0 Å². The Labute approximate surface area is 128 Å². The first-order chi connectivity index (χ1) is 10.2. The number of amides is 1. The maximum absolute atomic E-state index is 12.0. The SMILES string of the molecule is Cc1cnn(CC(=O)Nc2nc3c(s2)CCCCCC3)c1. The first kappa shape index (κ1) is 14.3. The summed E-state index contributed by atoms with van der Waals surface area (Å²) in [5, 5.41) is 7.76. The van der Waals surface area contributed by atoms with Gasteiger partial charge in [-0.3, -0.25) is 9.48 Å². The molecule has 0 radical (unpaired) electrons. The van der Waals surface area contributed by atoms with Crippen LogP contribution in [0.5, 0.6) is 0 Å². The van der Waals surface area contributed by atoms with Crippen LogP contribution in [0.4, 0.5) is 5.13 Å². The largest absolute Gasteiger partial charge is 0.300 e. The van der Waals surface area contributed by atoms with E-state index in [1.807, 2.05) is 13.1 Å². The van der Waals surface area contributed by atoms with Crippen LogP contribution in [0, 0.1) is 6.92 Å². The molecular weight excluding hydrogens is 284 g/mol. The average Bonchev–Trinajstić information content (AvgIpc) is 2.96. The molecule has 0 aliphatic heterocycles. The monoisotopic (exact) mass is 304 g/mol. The molecule has 0 atom stereocenters. The van der Waals surface area contributed by atoms with E-state index in [1.54, 1.807) is 22.2 Å². The fourth-order valence-electron chi connectivity index (χ4n) is 2.62. The van der Waals surface area contributed by atoms with E-state index in [2.05, 4.69) is 15.4 Å². The van der Waals surface area contributed by atoms with Crippen molar-refractivity contribution in [2.24, 2.45) is 0 Å². The van der Waals surface area contributed by atoms with E-state index < -0.39 is 0 Å². The quantitative estimate of drug-likeness (QED) is 0.948. The number of hydrogen-bond acceptors (Lipinski definition) is 4. The summed E-state index contributed by atoms with van der Waals surface area (Å²) in [6.45, 7) is 2.19. The lowest BCUT2D eigenvalue weighted by Crippen LogP contribution is -2.18. The summed E-state index contributed by atoms with van der Waals surface area (Å²) in [6, 6.07) is 0. The maximum atomic E-state index is 12.0. The predicted molar refractivity (Wildman–Crippen MR) is 83.6 cm³/mol. The van der Waals surface area contributed by atoms with Crippen LogP contribution < -0.4 is 5.32 Å². The fraction of sp³-hybridized carbons (Fsp3) is 0.533. The Morgan fingerprint density at radius 2 is 2.14 bits per heavy atom. The molecule has 3 rings (SSSR count). The normalized spacial score (nSPS) is 15.1. The van der Waals surface area contributed by atoms with Gasteiger partial charge in [-0.25, -0.2) is 4.98 Å². The molecule has 0 unspecified atom stereocenters. The number of fused-ring (bicyclic) bond motifs is 1. The van der Waals surface area contributed by atoms with Crippen LogP contribution in [0.2, 0.25) is 0 Å². The van der Waals surface area contributed by atoms with Crippen LogP contribution in [0.15, 0.2) is 12.4 Å². The van der Waals surface area contributed by atoms with Crippen LogP contribution in [-0.4, -0.2) is 20.7 Å². The number of nitrogens with zero attached hydrogens (tertiary/aromatic N) is 3. The Morgan fingerprint density at radius 1 is 1.33 bits per heavy atom. The molecule has 0 bridgehead atoms. The van der Waals surface area contributed by atoms with Gasteiger partial charge in [0.1, 0.15) is 6.54 Å². The lowest BCUT2D eigenvalue weighted by Gasteiger charge is -2.06. The standard InChI is InChI=1S/C15H20N4OS/c1-11-8-16-19(9-11)10-14(20)18-15-17-12-6-4-2-3-5-7-13(12)21-15/h8-9H,2-7,10H2,1H3,(H,17,18,20). The van der Waals surface area contributed by atoms with Gasteiger partial charge >= 0.3 is 0 Å². The van der Waals surface area contributed by atoms with Crippen molar-refractivity contribution >= 4 is 22.4 Å². The second-order valence-electron chi connectivity index (χ2n) is 5.57. The summed E-state index contributed by atoms with van der Waals surface area (Å²) in [4.78, 5) is 18.0. The van der Waals surface area contributed by atoms with E-state index in [-0.39, 0.29) is 12.5 Å². The summed E-state index contributed by atoms with van der Waals surface area (Å²) in [7, 11) is 0. The predicted octanol–water partition coefficient (Wildman–Crippen LogP) is 2.95. The molecule has 5 nitrogen and oxygen atoms in total. The summed E-state index contributed by atoms with van der Waals surface area (Å²) >= 11 is 1.63. The Bertz CT molecular complexity index is 606. The fourth-order valence-corrected chi connectivity index (χ4v) is 3.68. The smallest absolute Gasteiger partial charge is 0.247 e. The number of carbonyl (C=O) groups is 1. The summed E-state index contributed by atoms with van der Waals surface area (Å²) < 4.78 is 1.65. The molecule has 1 N–H and O–H groups in total. The number of anilines is 1. The van der Waals surface area contributed by atoms with Gasteiger partial charge in [0.2, 0.25) is 5.91 Å². The van der Waals surface area contributed by atoms with Crippen LogP contribution >= 0.6 is 11.3 Å². The highest BCUT2D eigenvalue weighted by molar-refractivity contribution is 7.15. The number of carbonyl (C=O) groups excluding carboxylic acids is 1. The van der Waals surface area contributed by atoms with Crippen LogP contribution in [0.25, 0.3) is 0 Å². The van der Waals surface area contributed by atoms with Crippen LogP contribution in [-0.2, 0) is 24.2 Å². The van der Waals surface area contributed by atoms with Gasteiger partial charge in [-0.15, -0.1) is 11.3 Å². The summed E-state index contributed by atoms with van der Waals surface area (Å²) in [6.07, 6.45) is 10.8. The Morgan fingerprint density at radius 3 is 2.90 bits per heavy atom. The van der Waals surface area contributed by atoms with Gasteiger partial charge in [0.15, 0.2) is 5.13 Å². The van der Waals surface area contributed by atoms with Crippen molar-refractivity contribution < 1.29 is 4.79 Å². The van der Waals surface area contributed by atoms with Gasteiger partial charge in [-0.1, -0.05) is 12.8 Å². The van der Waals surface area contributed by atoms with E-state index in [0.717, 1.165) is 23.5 Å². The van der Waals surface area contributed by atoms with Crippen LogP contribution in [0.1, 0.15) is 41.8 Å². The number of aryl methyl sites for hydroxylation is 3. The third-order valence-electron chi connectivity index (χ3n) is 3.66. The highest BCUT2D eigenvalue weighted by atomic mass is 32.1. The molecule has 2 heterocycles. The van der Waals surface area contributed by atoms with Crippen molar-refractivity contribution in [3.63, 3.8) is 0 Å². The molecule has 0 spiro atoms. The highest BCUT2D eigenvalue weighted by Gasteiger charge is 2.15. The number of nitrogens with one attached hydrogen (secondary N) is 1. The lowest BCUT2D eigenvalue weighted by atomic mass is 10.0. The average molecular weight is 304 g/mol. The third kappa shape index (κ3) is 3.69. The molecule has 21 heavy (non-hydrogen) atoms. The molecule has 1 amide bonds.